The van der Waals surface area contributed by atoms with Gasteiger partial charge in [0.1, 0.15) is 0 Å². The monoisotopic (exact) mass is 168 g/mol. The Hall–Kier alpha value is -0.830. The molecule has 1 rings (SSSR count). The Labute approximate surface area is 73.2 Å². The van der Waals surface area contributed by atoms with Gasteiger partial charge in [0.05, 0.1) is 0 Å². The Bertz CT molecular complexity index is 164. The van der Waals surface area contributed by atoms with Crippen LogP contribution in [0.3, 0.4) is 0 Å². The van der Waals surface area contributed by atoms with E-state index in [0.717, 1.165) is 25.6 Å². The predicted octanol–water partition coefficient (Wildman–Crippen LogP) is 0.431. The molecule has 1 aliphatic carbocycles. The third kappa shape index (κ3) is 4.13. The first-order valence-electron chi connectivity index (χ1n) is 4.46. The van der Waals surface area contributed by atoms with Gasteiger partial charge in [-0.15, -0.1) is 0 Å². The van der Waals surface area contributed by atoms with Crippen LogP contribution in [0, 0.1) is 0 Å². The van der Waals surface area contributed by atoms with E-state index in [1.165, 1.54) is 18.9 Å². The van der Waals surface area contributed by atoms with Gasteiger partial charge in [0.25, 0.3) is 0 Å². The van der Waals surface area contributed by atoms with Gasteiger partial charge in [-0.1, -0.05) is 6.58 Å². The van der Waals surface area contributed by atoms with Crippen molar-refractivity contribution in [2.24, 2.45) is 0 Å². The summed E-state index contributed by atoms with van der Waals surface area (Å²) in [7, 11) is 0. The maximum Gasteiger partial charge on any atom is 0.243 e. The van der Waals surface area contributed by atoms with Crippen molar-refractivity contribution in [2.45, 2.75) is 25.3 Å². The molecule has 0 heterocycles. The minimum Gasteiger partial charge on any atom is -0.353 e. The maximum absolute atomic E-state index is 10.7. The molecule has 0 radical (unpaired) electrons. The van der Waals surface area contributed by atoms with Gasteiger partial charge in [0.2, 0.25) is 5.91 Å². The molecular weight excluding hydrogens is 152 g/mol. The molecule has 0 aromatic rings. The Morgan fingerprint density at radius 3 is 2.83 bits per heavy atom. The predicted molar refractivity (Wildman–Crippen MR) is 48.8 cm³/mol. The highest BCUT2D eigenvalue weighted by molar-refractivity contribution is 5.86. The summed E-state index contributed by atoms with van der Waals surface area (Å²) in [6, 6.07) is 0.764. The lowest BCUT2D eigenvalue weighted by Crippen LogP contribution is -2.26. The quantitative estimate of drug-likeness (QED) is 0.446. The van der Waals surface area contributed by atoms with Crippen LogP contribution in [0.25, 0.3) is 0 Å². The third-order valence-corrected chi connectivity index (χ3v) is 1.85. The van der Waals surface area contributed by atoms with Gasteiger partial charge < -0.3 is 10.6 Å². The fraction of sp³-hybridized carbons (Fsp3) is 0.667. The third-order valence-electron chi connectivity index (χ3n) is 1.85. The summed E-state index contributed by atoms with van der Waals surface area (Å²) in [6.45, 7) is 5.11. The van der Waals surface area contributed by atoms with Crippen LogP contribution in [0.5, 0.6) is 0 Å². The van der Waals surface area contributed by atoms with E-state index in [1.807, 2.05) is 0 Å². The summed E-state index contributed by atoms with van der Waals surface area (Å²) in [6.07, 6.45) is 4.93. The van der Waals surface area contributed by atoms with E-state index in [2.05, 4.69) is 17.2 Å². The fourth-order valence-electron chi connectivity index (χ4n) is 0.966. The second-order valence-corrected chi connectivity index (χ2v) is 3.08. The van der Waals surface area contributed by atoms with E-state index in [9.17, 15) is 4.79 Å². The number of nitrogens with one attached hydrogen (secondary N) is 2. The zero-order valence-corrected chi connectivity index (χ0v) is 7.31. The average Bonchev–Trinajstić information content (AvgIpc) is 2.87. The van der Waals surface area contributed by atoms with Gasteiger partial charge in [-0.2, -0.15) is 0 Å². The lowest BCUT2D eigenvalue weighted by Gasteiger charge is -2.02. The first-order chi connectivity index (χ1) is 5.83. The largest absolute Gasteiger partial charge is 0.353 e. The lowest BCUT2D eigenvalue weighted by molar-refractivity contribution is -0.116. The van der Waals surface area contributed by atoms with Crippen LogP contribution >= 0.6 is 0 Å². The SMILES string of the molecule is C=CC(=O)NCCCNC1CC1. The molecule has 68 valence electrons. The second-order valence-electron chi connectivity index (χ2n) is 3.08. The Morgan fingerprint density at radius 2 is 2.25 bits per heavy atom. The van der Waals surface area contributed by atoms with E-state index in [0.29, 0.717) is 0 Å². The smallest absolute Gasteiger partial charge is 0.243 e. The first-order valence-corrected chi connectivity index (χ1v) is 4.46. The van der Waals surface area contributed by atoms with Crippen molar-refractivity contribution in [3.8, 4) is 0 Å². The molecule has 1 aliphatic rings. The number of carbonyl (C=O) groups is 1. The van der Waals surface area contributed by atoms with Crippen LogP contribution < -0.4 is 10.6 Å². The summed E-state index contributed by atoms with van der Waals surface area (Å²) in [5, 5.41) is 6.10. The molecule has 1 saturated carbocycles. The Balaban J connectivity index is 1.81. The Morgan fingerprint density at radius 1 is 1.50 bits per heavy atom. The van der Waals surface area contributed by atoms with Crippen molar-refractivity contribution in [3.05, 3.63) is 12.7 Å². The highest BCUT2D eigenvalue weighted by atomic mass is 16.1. The van der Waals surface area contributed by atoms with E-state index in [-0.39, 0.29) is 5.91 Å². The fourth-order valence-corrected chi connectivity index (χ4v) is 0.966. The van der Waals surface area contributed by atoms with E-state index in [4.69, 9.17) is 0 Å². The number of carbonyl (C=O) groups excluding carboxylic acids is 1. The van der Waals surface area contributed by atoms with Crippen molar-refractivity contribution in [1.82, 2.24) is 10.6 Å². The summed E-state index contributed by atoms with van der Waals surface area (Å²) in [4.78, 5) is 10.7. The van der Waals surface area contributed by atoms with Crippen molar-refractivity contribution in [3.63, 3.8) is 0 Å². The molecule has 3 heteroatoms. The van der Waals surface area contributed by atoms with Crippen molar-refractivity contribution < 1.29 is 4.79 Å². The number of amides is 1. The first kappa shape index (κ1) is 9.26. The normalized spacial score (nSPS) is 15.7. The van der Waals surface area contributed by atoms with E-state index < -0.39 is 0 Å². The van der Waals surface area contributed by atoms with Crippen LogP contribution in [0.4, 0.5) is 0 Å². The topological polar surface area (TPSA) is 41.1 Å². The highest BCUT2D eigenvalue weighted by Crippen LogP contribution is 2.18. The van der Waals surface area contributed by atoms with Crippen molar-refractivity contribution >= 4 is 5.91 Å². The van der Waals surface area contributed by atoms with Crippen LogP contribution in [0.1, 0.15) is 19.3 Å². The van der Waals surface area contributed by atoms with Crippen LogP contribution in [0.15, 0.2) is 12.7 Å². The van der Waals surface area contributed by atoms with Crippen LogP contribution in [-0.2, 0) is 4.79 Å². The molecule has 2 N–H and O–H groups in total. The number of hydrogen-bond donors (Lipinski definition) is 2. The summed E-state index contributed by atoms with van der Waals surface area (Å²) in [5.41, 5.74) is 0. The van der Waals surface area contributed by atoms with Crippen LogP contribution in [-0.4, -0.2) is 25.0 Å². The molecule has 0 aromatic carbocycles. The van der Waals surface area contributed by atoms with Gasteiger partial charge in [0.15, 0.2) is 0 Å². The van der Waals surface area contributed by atoms with Crippen molar-refractivity contribution in [1.29, 1.82) is 0 Å². The average molecular weight is 168 g/mol. The van der Waals surface area contributed by atoms with Gasteiger partial charge in [0, 0.05) is 12.6 Å². The molecule has 0 bridgehead atoms. The minimum absolute atomic E-state index is 0.0820. The Kier molecular flexibility index (Phi) is 3.80. The molecule has 0 aromatic heterocycles. The molecule has 1 amide bonds. The number of hydrogen-bond acceptors (Lipinski definition) is 2. The molecule has 0 aliphatic heterocycles. The summed E-state index contributed by atoms with van der Waals surface area (Å²) < 4.78 is 0. The van der Waals surface area contributed by atoms with Gasteiger partial charge in [-0.25, -0.2) is 0 Å². The molecule has 0 spiro atoms. The molecule has 3 nitrogen and oxygen atoms in total. The lowest BCUT2D eigenvalue weighted by atomic mass is 10.4. The maximum atomic E-state index is 10.7. The zero-order valence-electron chi connectivity index (χ0n) is 7.31. The van der Waals surface area contributed by atoms with E-state index in [1.54, 1.807) is 0 Å². The molecule has 0 unspecified atom stereocenters. The standard InChI is InChI=1S/C9H16N2O/c1-2-9(12)11-7-3-6-10-8-4-5-8/h2,8,10H,1,3-7H2,(H,11,12). The van der Waals surface area contributed by atoms with Gasteiger partial charge in [-0.3, -0.25) is 4.79 Å². The van der Waals surface area contributed by atoms with Gasteiger partial charge >= 0.3 is 0 Å². The molecule has 0 saturated heterocycles. The minimum atomic E-state index is -0.0820. The second kappa shape index (κ2) is 4.93. The molecule has 12 heavy (non-hydrogen) atoms. The molecular formula is C9H16N2O. The number of rotatable bonds is 6. The zero-order chi connectivity index (χ0) is 8.81. The summed E-state index contributed by atoms with van der Waals surface area (Å²) >= 11 is 0. The van der Waals surface area contributed by atoms with Gasteiger partial charge in [-0.05, 0) is 31.9 Å². The molecule has 0 atom stereocenters. The molecule has 1 fully saturated rings. The highest BCUT2D eigenvalue weighted by Gasteiger charge is 2.19. The van der Waals surface area contributed by atoms with Crippen molar-refractivity contribution in [2.75, 3.05) is 13.1 Å². The van der Waals surface area contributed by atoms with E-state index >= 15 is 0 Å². The van der Waals surface area contributed by atoms with Crippen LogP contribution in [0.2, 0.25) is 0 Å². The summed E-state index contributed by atoms with van der Waals surface area (Å²) in [5.74, 6) is -0.0820.